The molecule has 1 aliphatic rings. The van der Waals surface area contributed by atoms with Gasteiger partial charge in [0.1, 0.15) is 16.5 Å². The van der Waals surface area contributed by atoms with Gasteiger partial charge < -0.3 is 5.43 Å². The minimum Gasteiger partial charge on any atom is -0.309 e. The van der Waals surface area contributed by atoms with Gasteiger partial charge in [-0.3, -0.25) is 9.12 Å². The summed E-state index contributed by atoms with van der Waals surface area (Å²) in [6, 6.07) is 9.45. The van der Waals surface area contributed by atoms with E-state index in [0.29, 0.717) is 17.7 Å². The highest BCUT2D eigenvalue weighted by Crippen LogP contribution is 2.30. The summed E-state index contributed by atoms with van der Waals surface area (Å²) in [6.07, 6.45) is 4.35. The third-order valence-corrected chi connectivity index (χ3v) is 7.03. The van der Waals surface area contributed by atoms with Crippen LogP contribution < -0.4 is 15.6 Å². The summed E-state index contributed by atoms with van der Waals surface area (Å²) in [5, 5.41) is 0.755. The van der Waals surface area contributed by atoms with E-state index in [-0.39, 0.29) is 11.7 Å². The normalized spacial score (nSPS) is 18.1. The van der Waals surface area contributed by atoms with Crippen LogP contribution in [0.3, 0.4) is 0 Å². The zero-order valence-corrected chi connectivity index (χ0v) is 19.2. The molecule has 31 heavy (non-hydrogen) atoms. The molecule has 0 spiro atoms. The van der Waals surface area contributed by atoms with Gasteiger partial charge in [0, 0.05) is 41.5 Å². The molecule has 3 aromatic rings. The molecule has 1 aliphatic heterocycles. The topological polar surface area (TPSA) is 113 Å². The monoisotopic (exact) mass is 459 g/mol. The Kier molecular flexibility index (Phi) is 6.17. The molecule has 9 nitrogen and oxygen atoms in total. The summed E-state index contributed by atoms with van der Waals surface area (Å²) in [6.45, 7) is 5.83. The van der Waals surface area contributed by atoms with Crippen LogP contribution in [-0.2, 0) is 10.0 Å². The first-order valence-electron chi connectivity index (χ1n) is 9.99. The van der Waals surface area contributed by atoms with Crippen LogP contribution in [0.1, 0.15) is 27.2 Å². The van der Waals surface area contributed by atoms with Crippen LogP contribution in [0.25, 0.3) is 5.65 Å². The molecule has 0 radical (unpaired) electrons. The Hall–Kier alpha value is -2.63. The quantitative estimate of drug-likeness (QED) is 0.465. The van der Waals surface area contributed by atoms with Crippen molar-refractivity contribution in [3.05, 3.63) is 42.7 Å². The minimum atomic E-state index is -3.35. The van der Waals surface area contributed by atoms with E-state index in [0.717, 1.165) is 27.8 Å². The molecule has 4 rings (SSSR count). The standard InChI is InChI=1S/C20H25N7O2S2/c1-13(2)12-31(28,29)26-15-4-6-16(7-5-15)30-19-11-18-21-8-9-27(18)20(23-19)22-17-10-14(3)24-25-17/h4-9,11,13-14,24,26H,10,12H2,1-3H3,(H,22,23,25). The van der Waals surface area contributed by atoms with Gasteiger partial charge in [-0.05, 0) is 37.1 Å². The van der Waals surface area contributed by atoms with Crippen molar-refractivity contribution in [2.45, 2.75) is 43.2 Å². The minimum absolute atomic E-state index is 0.0622. The Morgan fingerprint density at radius 1 is 1.32 bits per heavy atom. The number of nitrogens with one attached hydrogen (secondary N) is 3. The molecule has 0 bridgehead atoms. The highest BCUT2D eigenvalue weighted by molar-refractivity contribution is 7.99. The van der Waals surface area contributed by atoms with Gasteiger partial charge in [-0.15, -0.1) is 0 Å². The maximum Gasteiger partial charge on any atom is 0.238 e. The molecule has 0 amide bonds. The van der Waals surface area contributed by atoms with Crippen molar-refractivity contribution >= 4 is 44.9 Å². The van der Waals surface area contributed by atoms with Crippen LogP contribution in [0.4, 0.5) is 11.6 Å². The second-order valence-corrected chi connectivity index (χ2v) is 10.7. The van der Waals surface area contributed by atoms with Gasteiger partial charge in [-0.1, -0.05) is 25.6 Å². The zero-order chi connectivity index (χ0) is 22.0. The fourth-order valence-corrected chi connectivity index (χ4v) is 5.44. The van der Waals surface area contributed by atoms with Gasteiger partial charge in [-0.25, -0.2) is 23.8 Å². The Balaban J connectivity index is 1.53. The summed E-state index contributed by atoms with van der Waals surface area (Å²) in [7, 11) is -3.35. The van der Waals surface area contributed by atoms with Gasteiger partial charge in [-0.2, -0.15) is 4.99 Å². The number of hydrazine groups is 1. The van der Waals surface area contributed by atoms with Gasteiger partial charge in [0.05, 0.1) is 5.75 Å². The van der Waals surface area contributed by atoms with Gasteiger partial charge in [0.15, 0.2) is 0 Å². The number of sulfonamides is 1. The van der Waals surface area contributed by atoms with Crippen LogP contribution >= 0.6 is 11.8 Å². The Bertz CT molecular complexity index is 1200. The largest absolute Gasteiger partial charge is 0.309 e. The van der Waals surface area contributed by atoms with Gasteiger partial charge >= 0.3 is 0 Å². The highest BCUT2D eigenvalue weighted by atomic mass is 32.2. The molecule has 1 atom stereocenters. The lowest BCUT2D eigenvalue weighted by molar-refractivity contribution is 0.587. The predicted octanol–water partition coefficient (Wildman–Crippen LogP) is 3.19. The maximum atomic E-state index is 12.1. The lowest BCUT2D eigenvalue weighted by atomic mass is 10.3. The molecule has 1 fully saturated rings. The van der Waals surface area contributed by atoms with Crippen molar-refractivity contribution in [1.82, 2.24) is 25.2 Å². The van der Waals surface area contributed by atoms with Crippen LogP contribution in [0.15, 0.2) is 57.6 Å². The summed E-state index contributed by atoms with van der Waals surface area (Å²) < 4.78 is 28.7. The predicted molar refractivity (Wildman–Crippen MR) is 123 cm³/mol. The second-order valence-electron chi connectivity index (χ2n) is 7.89. The van der Waals surface area contributed by atoms with Crippen molar-refractivity contribution in [3.63, 3.8) is 0 Å². The number of imidazole rings is 1. The number of benzene rings is 1. The number of aliphatic imine (C=N–C) groups is 1. The molecule has 3 N–H and O–H groups in total. The number of anilines is 1. The van der Waals surface area contributed by atoms with E-state index >= 15 is 0 Å². The van der Waals surface area contributed by atoms with Crippen LogP contribution in [0, 0.1) is 5.92 Å². The molecule has 1 unspecified atom stereocenters. The fourth-order valence-electron chi connectivity index (χ4n) is 3.18. The van der Waals surface area contributed by atoms with E-state index in [9.17, 15) is 8.42 Å². The number of amidine groups is 1. The Labute approximate surface area is 185 Å². The maximum absolute atomic E-state index is 12.1. The number of hydrogen-bond donors (Lipinski definition) is 3. The average Bonchev–Trinajstić information content (AvgIpc) is 3.31. The van der Waals surface area contributed by atoms with Crippen LogP contribution in [0.5, 0.6) is 0 Å². The lowest BCUT2D eigenvalue weighted by Gasteiger charge is -2.10. The summed E-state index contributed by atoms with van der Waals surface area (Å²) in [5.74, 6) is 1.53. The molecule has 1 aromatic carbocycles. The number of aromatic nitrogens is 3. The van der Waals surface area contributed by atoms with E-state index in [1.54, 1.807) is 18.3 Å². The molecule has 0 aliphatic carbocycles. The van der Waals surface area contributed by atoms with Crippen LogP contribution in [0.2, 0.25) is 0 Å². The lowest BCUT2D eigenvalue weighted by Crippen LogP contribution is -2.29. The third-order valence-electron chi connectivity index (χ3n) is 4.45. The van der Waals surface area contributed by atoms with Gasteiger partial charge in [0.25, 0.3) is 0 Å². The first kappa shape index (κ1) is 21.6. The summed E-state index contributed by atoms with van der Waals surface area (Å²) >= 11 is 1.47. The molecule has 3 heterocycles. The zero-order valence-electron chi connectivity index (χ0n) is 17.5. The molecule has 2 aromatic heterocycles. The number of hydrogen-bond acceptors (Lipinski definition) is 7. The average molecular weight is 460 g/mol. The van der Waals surface area contributed by atoms with E-state index in [4.69, 9.17) is 4.98 Å². The van der Waals surface area contributed by atoms with Crippen LogP contribution in [-0.4, -0.2) is 40.4 Å². The van der Waals surface area contributed by atoms with E-state index < -0.39 is 10.0 Å². The summed E-state index contributed by atoms with van der Waals surface area (Å²) in [4.78, 5) is 14.7. The van der Waals surface area contributed by atoms with E-state index in [1.165, 1.54) is 11.8 Å². The second kappa shape index (κ2) is 8.85. The Morgan fingerprint density at radius 2 is 2.10 bits per heavy atom. The van der Waals surface area contributed by atoms with Gasteiger partial charge in [0.2, 0.25) is 16.0 Å². The van der Waals surface area contributed by atoms with Crippen molar-refractivity contribution in [2.75, 3.05) is 10.5 Å². The van der Waals surface area contributed by atoms with Crippen molar-refractivity contribution in [3.8, 4) is 0 Å². The summed E-state index contributed by atoms with van der Waals surface area (Å²) in [5.41, 5.74) is 7.51. The van der Waals surface area contributed by atoms with E-state index in [1.807, 2.05) is 42.6 Å². The molecule has 164 valence electrons. The fraction of sp³-hybridized carbons (Fsp3) is 0.350. The SMILES string of the molecule is CC(C)CS(=O)(=O)Nc1ccc(Sc2cc3nccn3c(/N=C3\CC(C)NN3)n2)cc1. The number of rotatable bonds is 7. The van der Waals surface area contributed by atoms with E-state index in [2.05, 4.69) is 32.5 Å². The van der Waals surface area contributed by atoms with Crippen molar-refractivity contribution in [1.29, 1.82) is 0 Å². The smallest absolute Gasteiger partial charge is 0.238 e. The molecule has 1 saturated heterocycles. The molecule has 0 saturated carbocycles. The Morgan fingerprint density at radius 3 is 2.77 bits per heavy atom. The first-order chi connectivity index (χ1) is 14.8. The molecular formula is C20H25N7O2S2. The molecular weight excluding hydrogens is 434 g/mol. The number of nitrogens with zero attached hydrogens (tertiary/aromatic N) is 4. The third kappa shape index (κ3) is 5.54. The van der Waals surface area contributed by atoms with Crippen molar-refractivity contribution in [2.24, 2.45) is 10.9 Å². The first-order valence-corrected chi connectivity index (χ1v) is 12.5. The molecule has 11 heteroatoms. The van der Waals surface area contributed by atoms with Crippen molar-refractivity contribution < 1.29 is 8.42 Å². The number of fused-ring (bicyclic) bond motifs is 1. The highest BCUT2D eigenvalue weighted by Gasteiger charge is 2.16.